The van der Waals surface area contributed by atoms with E-state index >= 15 is 0 Å². The van der Waals surface area contributed by atoms with Gasteiger partial charge in [-0.05, 0) is 24.6 Å². The van der Waals surface area contributed by atoms with Crippen LogP contribution in [0.5, 0.6) is 0 Å². The van der Waals surface area contributed by atoms with Crippen molar-refractivity contribution in [2.45, 2.75) is 18.6 Å². The average molecular weight is 299 g/mol. The minimum absolute atomic E-state index is 0.0617. The maximum atomic E-state index is 11.9. The van der Waals surface area contributed by atoms with E-state index in [0.29, 0.717) is 17.3 Å². The highest BCUT2D eigenvalue weighted by molar-refractivity contribution is 8.00. The lowest BCUT2D eigenvalue weighted by atomic mass is 10.2. The van der Waals surface area contributed by atoms with Gasteiger partial charge in [-0.2, -0.15) is 0 Å². The molecule has 1 saturated heterocycles. The van der Waals surface area contributed by atoms with Crippen LogP contribution >= 0.6 is 23.4 Å². The molecular weight excluding hydrogens is 284 g/mol. The molecule has 0 bridgehead atoms. The molecule has 0 spiro atoms. The van der Waals surface area contributed by atoms with Crippen LogP contribution in [0.3, 0.4) is 0 Å². The second kappa shape index (κ2) is 6.30. The number of aryl methyl sites for hydroxylation is 1. The molecule has 19 heavy (non-hydrogen) atoms. The second-order valence-corrected chi connectivity index (χ2v) is 6.08. The number of rotatable bonds is 3. The van der Waals surface area contributed by atoms with E-state index < -0.39 is 0 Å². The third kappa shape index (κ3) is 3.88. The number of benzene rings is 1. The van der Waals surface area contributed by atoms with Gasteiger partial charge in [0.1, 0.15) is 0 Å². The maximum Gasteiger partial charge on any atom is 0.233 e. The fraction of sp³-hybridized carbons (Fsp3) is 0.385. The Balaban J connectivity index is 1.93. The lowest BCUT2D eigenvalue weighted by Gasteiger charge is -2.20. The topological polar surface area (TPSA) is 58.2 Å². The van der Waals surface area contributed by atoms with Crippen LogP contribution in [0.1, 0.15) is 12.0 Å². The monoisotopic (exact) mass is 298 g/mol. The Morgan fingerprint density at radius 1 is 1.58 bits per heavy atom. The molecule has 2 amide bonds. The lowest BCUT2D eigenvalue weighted by molar-refractivity contribution is -0.123. The number of thioether (sulfide) groups is 1. The number of anilines is 1. The summed E-state index contributed by atoms with van der Waals surface area (Å²) in [5.41, 5.74) is 1.61. The van der Waals surface area contributed by atoms with Gasteiger partial charge in [-0.15, -0.1) is 11.8 Å². The van der Waals surface area contributed by atoms with Gasteiger partial charge in [-0.1, -0.05) is 17.7 Å². The Morgan fingerprint density at radius 3 is 3.05 bits per heavy atom. The highest BCUT2D eigenvalue weighted by Crippen LogP contribution is 2.22. The number of amides is 2. The van der Waals surface area contributed by atoms with E-state index in [0.717, 1.165) is 11.3 Å². The molecule has 1 atom stereocenters. The first kappa shape index (κ1) is 14.2. The van der Waals surface area contributed by atoms with Gasteiger partial charge in [0.05, 0.1) is 5.25 Å². The molecule has 0 aliphatic carbocycles. The summed E-state index contributed by atoms with van der Waals surface area (Å²) in [6, 6.07) is 5.36. The number of carbonyl (C=O) groups is 2. The van der Waals surface area contributed by atoms with Crippen LogP contribution in [0.25, 0.3) is 0 Å². The van der Waals surface area contributed by atoms with Crippen LogP contribution < -0.4 is 10.6 Å². The fourth-order valence-electron chi connectivity index (χ4n) is 1.77. The first-order chi connectivity index (χ1) is 9.06. The highest BCUT2D eigenvalue weighted by Gasteiger charge is 2.25. The van der Waals surface area contributed by atoms with Gasteiger partial charge in [-0.3, -0.25) is 9.59 Å². The summed E-state index contributed by atoms with van der Waals surface area (Å²) in [6.07, 6.45) is 0.183. The summed E-state index contributed by atoms with van der Waals surface area (Å²) in [5, 5.41) is 5.84. The first-order valence-corrected chi connectivity index (χ1v) is 7.44. The Labute approximate surface area is 121 Å². The van der Waals surface area contributed by atoms with Crippen molar-refractivity contribution >= 4 is 40.9 Å². The number of hydrogen-bond donors (Lipinski definition) is 2. The van der Waals surface area contributed by atoms with Crippen molar-refractivity contribution in [3.63, 3.8) is 0 Å². The van der Waals surface area contributed by atoms with Crippen LogP contribution in [0, 0.1) is 6.92 Å². The largest absolute Gasteiger partial charge is 0.354 e. The average Bonchev–Trinajstić information content (AvgIpc) is 2.37. The minimum Gasteiger partial charge on any atom is -0.354 e. The third-order valence-electron chi connectivity index (χ3n) is 2.84. The highest BCUT2D eigenvalue weighted by atomic mass is 35.5. The van der Waals surface area contributed by atoms with E-state index in [2.05, 4.69) is 10.6 Å². The quantitative estimate of drug-likeness (QED) is 0.899. The Bertz CT molecular complexity index is 507. The number of halogens is 1. The van der Waals surface area contributed by atoms with Gasteiger partial charge in [-0.25, -0.2) is 0 Å². The Hall–Kier alpha value is -1.20. The van der Waals surface area contributed by atoms with Crippen LogP contribution in [-0.2, 0) is 9.59 Å². The van der Waals surface area contributed by atoms with Crippen molar-refractivity contribution in [2.24, 2.45) is 0 Å². The minimum atomic E-state index is -0.297. The van der Waals surface area contributed by atoms with Gasteiger partial charge < -0.3 is 10.6 Å². The molecule has 1 aromatic carbocycles. The lowest BCUT2D eigenvalue weighted by Crippen LogP contribution is -2.40. The van der Waals surface area contributed by atoms with Crippen molar-refractivity contribution in [3.05, 3.63) is 28.8 Å². The molecule has 1 fully saturated rings. The SMILES string of the molecule is Cc1ccc(NC(=O)C[C@@H]2SCCNC2=O)cc1Cl. The molecule has 2 N–H and O–H groups in total. The Kier molecular flexibility index (Phi) is 4.71. The molecule has 1 heterocycles. The number of carbonyl (C=O) groups excluding carboxylic acids is 2. The molecule has 102 valence electrons. The van der Waals surface area contributed by atoms with Gasteiger partial charge in [0, 0.05) is 29.4 Å². The smallest absolute Gasteiger partial charge is 0.233 e. The van der Waals surface area contributed by atoms with Crippen molar-refractivity contribution in [3.8, 4) is 0 Å². The van der Waals surface area contributed by atoms with E-state index in [-0.39, 0.29) is 23.5 Å². The van der Waals surface area contributed by atoms with E-state index in [1.54, 1.807) is 12.1 Å². The summed E-state index contributed by atoms with van der Waals surface area (Å²) in [5.74, 6) is 0.614. The van der Waals surface area contributed by atoms with Crippen molar-refractivity contribution in [2.75, 3.05) is 17.6 Å². The normalized spacial score (nSPS) is 18.8. The van der Waals surface area contributed by atoms with Gasteiger partial charge in [0.15, 0.2) is 0 Å². The fourth-order valence-corrected chi connectivity index (χ4v) is 2.96. The van der Waals surface area contributed by atoms with Crippen LogP contribution in [0.15, 0.2) is 18.2 Å². The summed E-state index contributed by atoms with van der Waals surface area (Å²) in [6.45, 7) is 2.58. The zero-order valence-corrected chi connectivity index (χ0v) is 12.1. The summed E-state index contributed by atoms with van der Waals surface area (Å²) in [4.78, 5) is 23.4. The molecule has 1 aromatic rings. The molecule has 0 aromatic heterocycles. The molecule has 0 radical (unpaired) electrons. The summed E-state index contributed by atoms with van der Waals surface area (Å²) >= 11 is 7.51. The van der Waals surface area contributed by atoms with Crippen molar-refractivity contribution in [1.82, 2.24) is 5.32 Å². The van der Waals surface area contributed by atoms with E-state index in [4.69, 9.17) is 11.6 Å². The molecule has 2 rings (SSSR count). The predicted octanol–water partition coefficient (Wildman–Crippen LogP) is 2.21. The van der Waals surface area contributed by atoms with Crippen molar-refractivity contribution in [1.29, 1.82) is 0 Å². The van der Waals surface area contributed by atoms with Gasteiger partial charge in [0.2, 0.25) is 11.8 Å². The molecule has 6 heteroatoms. The molecular formula is C13H15ClN2O2S. The summed E-state index contributed by atoms with van der Waals surface area (Å²) < 4.78 is 0. The maximum absolute atomic E-state index is 11.9. The van der Waals surface area contributed by atoms with Crippen molar-refractivity contribution < 1.29 is 9.59 Å². The van der Waals surface area contributed by atoms with Gasteiger partial charge in [0.25, 0.3) is 0 Å². The third-order valence-corrected chi connectivity index (χ3v) is 4.47. The zero-order chi connectivity index (χ0) is 13.8. The number of nitrogens with one attached hydrogen (secondary N) is 2. The Morgan fingerprint density at radius 2 is 2.37 bits per heavy atom. The van der Waals surface area contributed by atoms with E-state index in [9.17, 15) is 9.59 Å². The molecule has 1 aliphatic heterocycles. The first-order valence-electron chi connectivity index (χ1n) is 6.01. The van der Waals surface area contributed by atoms with Gasteiger partial charge >= 0.3 is 0 Å². The number of hydrogen-bond acceptors (Lipinski definition) is 3. The van der Waals surface area contributed by atoms with Crippen LogP contribution in [-0.4, -0.2) is 29.4 Å². The predicted molar refractivity (Wildman–Crippen MR) is 78.7 cm³/mol. The summed E-state index contributed by atoms with van der Waals surface area (Å²) in [7, 11) is 0. The van der Waals surface area contributed by atoms with E-state index in [1.807, 2.05) is 13.0 Å². The second-order valence-electron chi connectivity index (χ2n) is 4.37. The molecule has 1 aliphatic rings. The molecule has 0 saturated carbocycles. The molecule has 0 unspecified atom stereocenters. The van der Waals surface area contributed by atoms with E-state index in [1.165, 1.54) is 11.8 Å². The van der Waals surface area contributed by atoms with Crippen LogP contribution in [0.4, 0.5) is 5.69 Å². The van der Waals surface area contributed by atoms with Crippen LogP contribution in [0.2, 0.25) is 5.02 Å². The standard InChI is InChI=1S/C13H15ClN2O2S/c1-8-2-3-9(6-10(8)14)16-12(17)7-11-13(18)15-4-5-19-11/h2-3,6,11H,4-5,7H2,1H3,(H,15,18)(H,16,17)/t11-/m0/s1. The zero-order valence-electron chi connectivity index (χ0n) is 10.5. The molecule has 4 nitrogen and oxygen atoms in total.